The number of rotatable bonds is 5. The van der Waals surface area contributed by atoms with E-state index in [-0.39, 0.29) is 5.76 Å². The molecule has 1 aliphatic rings. The summed E-state index contributed by atoms with van der Waals surface area (Å²) in [6.45, 7) is 2.59. The Morgan fingerprint density at radius 1 is 1.35 bits per heavy atom. The minimum absolute atomic E-state index is 0.168. The number of anilines is 3. The Bertz CT molecular complexity index is 815. The quantitative estimate of drug-likeness (QED) is 0.615. The van der Waals surface area contributed by atoms with E-state index >= 15 is 0 Å². The standard InChI is InChI=1S/C15H18N6O5/c1-19(2)13-10(9-16-15(18-13)20-5-7-25-8-6-20)17-14(22)11-3-4-12(26-11)21(23)24/h3-4,9H,5-8H2,1-2H3,(H,17,22). The molecule has 0 radical (unpaired) electrons. The third kappa shape index (κ3) is 3.72. The van der Waals surface area contributed by atoms with E-state index in [4.69, 9.17) is 9.15 Å². The zero-order chi connectivity index (χ0) is 18.7. The van der Waals surface area contributed by atoms with Crippen LogP contribution in [0.3, 0.4) is 0 Å². The molecule has 0 atom stereocenters. The number of carbonyl (C=O) groups is 1. The normalized spacial score (nSPS) is 14.2. The van der Waals surface area contributed by atoms with Gasteiger partial charge >= 0.3 is 5.88 Å². The van der Waals surface area contributed by atoms with Crippen molar-refractivity contribution in [1.82, 2.24) is 9.97 Å². The molecular weight excluding hydrogens is 344 g/mol. The van der Waals surface area contributed by atoms with Crippen LogP contribution in [0.15, 0.2) is 22.7 Å². The van der Waals surface area contributed by atoms with E-state index in [0.717, 1.165) is 6.07 Å². The summed E-state index contributed by atoms with van der Waals surface area (Å²) in [6.07, 6.45) is 1.50. The molecule has 0 aromatic carbocycles. The maximum Gasteiger partial charge on any atom is 0.433 e. The van der Waals surface area contributed by atoms with Crippen LogP contribution < -0.4 is 15.1 Å². The highest BCUT2D eigenvalue weighted by atomic mass is 16.6. The largest absolute Gasteiger partial charge is 0.433 e. The second kappa shape index (κ2) is 7.35. The van der Waals surface area contributed by atoms with Gasteiger partial charge in [0.15, 0.2) is 11.6 Å². The molecule has 11 nitrogen and oxygen atoms in total. The molecule has 1 amide bonds. The lowest BCUT2D eigenvalue weighted by Gasteiger charge is -2.28. The lowest BCUT2D eigenvalue weighted by Crippen LogP contribution is -2.37. The van der Waals surface area contributed by atoms with E-state index in [2.05, 4.69) is 15.3 Å². The summed E-state index contributed by atoms with van der Waals surface area (Å²) in [4.78, 5) is 34.8. The highest BCUT2D eigenvalue weighted by Crippen LogP contribution is 2.25. The topological polar surface area (TPSA) is 127 Å². The third-order valence-electron chi connectivity index (χ3n) is 3.72. The number of hydrogen-bond acceptors (Lipinski definition) is 9. The number of ether oxygens (including phenoxy) is 1. The summed E-state index contributed by atoms with van der Waals surface area (Å²) in [5.41, 5.74) is 0.371. The molecule has 2 aromatic rings. The van der Waals surface area contributed by atoms with Crippen LogP contribution in [0.5, 0.6) is 0 Å². The van der Waals surface area contributed by atoms with Gasteiger partial charge in [-0.25, -0.2) is 4.98 Å². The lowest BCUT2D eigenvalue weighted by molar-refractivity contribution is -0.402. The maximum atomic E-state index is 12.3. The minimum Gasteiger partial charge on any atom is -0.395 e. The lowest BCUT2D eigenvalue weighted by atomic mass is 10.3. The first kappa shape index (κ1) is 17.6. The van der Waals surface area contributed by atoms with Gasteiger partial charge in [-0.15, -0.1) is 0 Å². The molecule has 0 aliphatic carbocycles. The van der Waals surface area contributed by atoms with Crippen molar-refractivity contribution >= 4 is 29.2 Å². The SMILES string of the molecule is CN(C)c1nc(N2CCOCC2)ncc1NC(=O)c1ccc([N+](=O)[O-])o1. The van der Waals surface area contributed by atoms with Crippen LogP contribution in [0.25, 0.3) is 0 Å². The van der Waals surface area contributed by atoms with Gasteiger partial charge in [0.2, 0.25) is 5.95 Å². The van der Waals surface area contributed by atoms with Crippen LogP contribution in [-0.4, -0.2) is 61.2 Å². The third-order valence-corrected chi connectivity index (χ3v) is 3.72. The Morgan fingerprint density at radius 2 is 2.08 bits per heavy atom. The van der Waals surface area contributed by atoms with Crippen molar-refractivity contribution in [2.75, 3.05) is 55.5 Å². The molecule has 2 aromatic heterocycles. The molecule has 3 heterocycles. The molecule has 3 rings (SSSR count). The fraction of sp³-hybridized carbons (Fsp3) is 0.400. The van der Waals surface area contributed by atoms with Crippen molar-refractivity contribution in [3.63, 3.8) is 0 Å². The number of aromatic nitrogens is 2. The van der Waals surface area contributed by atoms with E-state index in [9.17, 15) is 14.9 Å². The Morgan fingerprint density at radius 3 is 2.69 bits per heavy atom. The summed E-state index contributed by atoms with van der Waals surface area (Å²) in [5, 5.41) is 13.3. The average molecular weight is 362 g/mol. The molecule has 1 N–H and O–H groups in total. The van der Waals surface area contributed by atoms with E-state index in [1.807, 2.05) is 4.90 Å². The molecule has 0 unspecified atom stereocenters. The molecule has 138 valence electrons. The molecule has 26 heavy (non-hydrogen) atoms. The Balaban J connectivity index is 1.81. The smallest absolute Gasteiger partial charge is 0.395 e. The predicted molar refractivity (Wildman–Crippen MR) is 92.7 cm³/mol. The van der Waals surface area contributed by atoms with Crippen LogP contribution >= 0.6 is 0 Å². The van der Waals surface area contributed by atoms with Gasteiger partial charge in [-0.3, -0.25) is 14.9 Å². The van der Waals surface area contributed by atoms with E-state index in [0.29, 0.717) is 43.8 Å². The monoisotopic (exact) mass is 362 g/mol. The molecule has 0 spiro atoms. The van der Waals surface area contributed by atoms with Gasteiger partial charge in [-0.2, -0.15) is 4.98 Å². The van der Waals surface area contributed by atoms with Crippen molar-refractivity contribution in [3.05, 3.63) is 34.2 Å². The number of carbonyl (C=O) groups excluding carboxylic acids is 1. The van der Waals surface area contributed by atoms with Gasteiger partial charge in [-0.1, -0.05) is 0 Å². The minimum atomic E-state index is -0.706. The summed E-state index contributed by atoms with van der Waals surface area (Å²) in [5.74, 6) is -0.232. The van der Waals surface area contributed by atoms with Gasteiger partial charge < -0.3 is 24.3 Å². The van der Waals surface area contributed by atoms with Gasteiger partial charge in [0.05, 0.1) is 25.5 Å². The average Bonchev–Trinajstić information content (AvgIpc) is 3.13. The first-order valence-electron chi connectivity index (χ1n) is 7.88. The number of morpholine rings is 1. The van der Waals surface area contributed by atoms with Crippen molar-refractivity contribution in [1.29, 1.82) is 0 Å². The van der Waals surface area contributed by atoms with Gasteiger partial charge in [0.25, 0.3) is 5.91 Å². The van der Waals surface area contributed by atoms with Gasteiger partial charge in [-0.05, 0) is 6.07 Å². The van der Waals surface area contributed by atoms with Crippen LogP contribution in [0.1, 0.15) is 10.6 Å². The van der Waals surface area contributed by atoms with Crippen molar-refractivity contribution < 1.29 is 18.9 Å². The van der Waals surface area contributed by atoms with Crippen molar-refractivity contribution in [2.45, 2.75) is 0 Å². The molecule has 1 fully saturated rings. The van der Waals surface area contributed by atoms with Gasteiger partial charge in [0, 0.05) is 27.2 Å². The predicted octanol–water partition coefficient (Wildman–Crippen LogP) is 1.13. The fourth-order valence-electron chi connectivity index (χ4n) is 2.44. The number of nitrogens with one attached hydrogen (secondary N) is 1. The van der Waals surface area contributed by atoms with Crippen LogP contribution in [0.2, 0.25) is 0 Å². The number of furan rings is 1. The maximum absolute atomic E-state index is 12.3. The summed E-state index contributed by atoms with van der Waals surface area (Å²) in [7, 11) is 3.58. The summed E-state index contributed by atoms with van der Waals surface area (Å²) in [6, 6.07) is 2.37. The Hall–Kier alpha value is -3.21. The summed E-state index contributed by atoms with van der Waals surface area (Å²) >= 11 is 0. The van der Waals surface area contributed by atoms with E-state index in [1.54, 1.807) is 19.0 Å². The Kier molecular flexibility index (Phi) is 4.98. The highest BCUT2D eigenvalue weighted by molar-refractivity contribution is 6.03. The van der Waals surface area contributed by atoms with E-state index in [1.165, 1.54) is 12.3 Å². The number of nitro groups is 1. The second-order valence-corrected chi connectivity index (χ2v) is 5.75. The number of hydrogen-bond donors (Lipinski definition) is 1. The number of nitrogens with zero attached hydrogens (tertiary/aromatic N) is 5. The molecule has 11 heteroatoms. The summed E-state index contributed by atoms with van der Waals surface area (Å²) < 4.78 is 10.2. The van der Waals surface area contributed by atoms with E-state index < -0.39 is 16.7 Å². The molecule has 0 saturated carbocycles. The van der Waals surface area contributed by atoms with Crippen LogP contribution in [0.4, 0.5) is 23.3 Å². The highest BCUT2D eigenvalue weighted by Gasteiger charge is 2.21. The first-order valence-corrected chi connectivity index (χ1v) is 7.88. The number of amides is 1. The zero-order valence-corrected chi connectivity index (χ0v) is 14.3. The second-order valence-electron chi connectivity index (χ2n) is 5.75. The van der Waals surface area contributed by atoms with Crippen LogP contribution in [-0.2, 0) is 4.74 Å². The molecule has 0 bridgehead atoms. The molecule has 1 saturated heterocycles. The van der Waals surface area contributed by atoms with Crippen molar-refractivity contribution in [2.24, 2.45) is 0 Å². The van der Waals surface area contributed by atoms with Crippen molar-refractivity contribution in [3.8, 4) is 0 Å². The molecule has 1 aliphatic heterocycles. The Labute approximate surface area is 148 Å². The first-order chi connectivity index (χ1) is 12.5. The zero-order valence-electron chi connectivity index (χ0n) is 14.3. The van der Waals surface area contributed by atoms with Crippen LogP contribution in [0, 0.1) is 10.1 Å². The molecular formula is C15H18N6O5. The fourth-order valence-corrected chi connectivity index (χ4v) is 2.44. The van der Waals surface area contributed by atoms with Gasteiger partial charge in [0.1, 0.15) is 10.6 Å².